The minimum Gasteiger partial charge on any atom is -0.508 e. The SMILES string of the molecule is C[C@@H](O)[C@H](NC(=O)[C@H](Cc1ccccc1)NC(=O)[C@@H](N)Cc1ccccc1)C(=O)N[C@@H](Cc1ccc(O)cc1)C(=O)N[C@@H](CCCCN)C(N)=O. The Kier molecular flexibility index (Phi) is 16.0. The van der Waals surface area contributed by atoms with Crippen LogP contribution in [0.4, 0.5) is 0 Å². The van der Waals surface area contributed by atoms with E-state index in [9.17, 15) is 34.2 Å². The number of amides is 5. The Morgan fingerprint density at radius 1 is 0.627 bits per heavy atom. The van der Waals surface area contributed by atoms with E-state index < -0.39 is 65.8 Å². The van der Waals surface area contributed by atoms with Crippen molar-refractivity contribution in [3.8, 4) is 5.75 Å². The number of carbonyl (C=O) groups excluding carboxylic acids is 5. The zero-order valence-corrected chi connectivity index (χ0v) is 28.7. The van der Waals surface area contributed by atoms with Gasteiger partial charge in [-0.05, 0) is 68.0 Å². The third kappa shape index (κ3) is 13.5. The van der Waals surface area contributed by atoms with Crippen LogP contribution in [0.3, 0.4) is 0 Å². The highest BCUT2D eigenvalue weighted by molar-refractivity contribution is 5.96. The molecular weight excluding hydrogens is 654 g/mol. The molecule has 14 heteroatoms. The molecule has 5 amide bonds. The number of phenolic OH excluding ortho intramolecular Hbond substituents is 1. The summed E-state index contributed by atoms with van der Waals surface area (Å²) >= 11 is 0. The molecule has 3 rings (SSSR count). The number of nitrogens with one attached hydrogen (secondary N) is 4. The van der Waals surface area contributed by atoms with Crippen LogP contribution in [0.1, 0.15) is 42.9 Å². The van der Waals surface area contributed by atoms with Crippen LogP contribution < -0.4 is 38.5 Å². The second kappa shape index (κ2) is 20.4. The van der Waals surface area contributed by atoms with Crippen LogP contribution in [0.2, 0.25) is 0 Å². The smallest absolute Gasteiger partial charge is 0.245 e. The average molecular weight is 704 g/mol. The molecule has 0 radical (unpaired) electrons. The van der Waals surface area contributed by atoms with E-state index in [0.717, 1.165) is 5.56 Å². The molecule has 3 aromatic rings. The lowest BCUT2D eigenvalue weighted by Gasteiger charge is -2.28. The second-order valence-corrected chi connectivity index (χ2v) is 12.5. The number of primary amides is 1. The Morgan fingerprint density at radius 3 is 1.61 bits per heavy atom. The molecule has 14 nitrogen and oxygen atoms in total. The number of hydrogen-bond donors (Lipinski definition) is 9. The maximum absolute atomic E-state index is 13.8. The molecule has 0 bridgehead atoms. The first-order valence-corrected chi connectivity index (χ1v) is 16.9. The monoisotopic (exact) mass is 703 g/mol. The highest BCUT2D eigenvalue weighted by Gasteiger charge is 2.34. The minimum absolute atomic E-state index is 0.00691. The van der Waals surface area contributed by atoms with Gasteiger partial charge in [-0.1, -0.05) is 72.8 Å². The minimum atomic E-state index is -1.56. The van der Waals surface area contributed by atoms with Gasteiger partial charge in [-0.25, -0.2) is 0 Å². The normalized spacial score (nSPS) is 14.5. The quantitative estimate of drug-likeness (QED) is 0.0699. The van der Waals surface area contributed by atoms with E-state index in [-0.39, 0.29) is 31.4 Å². The number of nitrogens with two attached hydrogens (primary N) is 3. The zero-order valence-electron chi connectivity index (χ0n) is 28.7. The molecule has 51 heavy (non-hydrogen) atoms. The van der Waals surface area contributed by atoms with Crippen LogP contribution >= 0.6 is 0 Å². The van der Waals surface area contributed by atoms with Gasteiger partial charge in [0.05, 0.1) is 12.1 Å². The fraction of sp³-hybridized carbons (Fsp3) is 0.378. The van der Waals surface area contributed by atoms with Gasteiger partial charge in [-0.3, -0.25) is 24.0 Å². The molecule has 0 aliphatic heterocycles. The third-order valence-corrected chi connectivity index (χ3v) is 8.23. The Labute approximate surface area is 297 Å². The Bertz CT molecular complexity index is 1570. The van der Waals surface area contributed by atoms with Gasteiger partial charge in [0.15, 0.2) is 0 Å². The fourth-order valence-corrected chi connectivity index (χ4v) is 5.35. The van der Waals surface area contributed by atoms with Crippen LogP contribution in [0.25, 0.3) is 0 Å². The molecule has 6 atom stereocenters. The zero-order chi connectivity index (χ0) is 37.3. The molecule has 0 unspecified atom stereocenters. The lowest BCUT2D eigenvalue weighted by Crippen LogP contribution is -2.61. The van der Waals surface area contributed by atoms with Crippen molar-refractivity contribution in [3.63, 3.8) is 0 Å². The van der Waals surface area contributed by atoms with Gasteiger partial charge in [0.25, 0.3) is 0 Å². The van der Waals surface area contributed by atoms with Crippen molar-refractivity contribution in [1.29, 1.82) is 0 Å². The summed E-state index contributed by atoms with van der Waals surface area (Å²) in [7, 11) is 0. The molecule has 0 aliphatic rings. The molecule has 0 saturated carbocycles. The maximum Gasteiger partial charge on any atom is 0.245 e. The van der Waals surface area contributed by atoms with E-state index in [4.69, 9.17) is 17.2 Å². The number of aliphatic hydroxyl groups excluding tert-OH is 1. The van der Waals surface area contributed by atoms with Crippen molar-refractivity contribution >= 4 is 29.5 Å². The molecule has 0 saturated heterocycles. The number of aliphatic hydroxyl groups is 1. The number of carbonyl (C=O) groups is 5. The van der Waals surface area contributed by atoms with Gasteiger partial charge in [0.1, 0.15) is 29.9 Å². The van der Waals surface area contributed by atoms with E-state index >= 15 is 0 Å². The van der Waals surface area contributed by atoms with Gasteiger partial charge in [-0.15, -0.1) is 0 Å². The standard InChI is InChI=1S/C37H49N7O7/c1-23(45)32(37(51)43-30(22-26-15-17-27(46)18-16-26)35(49)41-29(33(40)47)14-8-9-19-38)44-36(50)31(21-25-12-6-3-7-13-25)42-34(48)28(39)20-24-10-4-2-5-11-24/h2-7,10-13,15-18,23,28-32,45-46H,8-9,14,19-22,38-39H2,1H3,(H2,40,47)(H,41,49)(H,42,48)(H,43,51)(H,44,50)/t23-,28+,29+,30+,31+,32+/m1/s1. The number of benzene rings is 3. The predicted molar refractivity (Wildman–Crippen MR) is 192 cm³/mol. The van der Waals surface area contributed by atoms with Gasteiger partial charge < -0.3 is 48.7 Å². The topological polar surface area (TPSA) is 252 Å². The van der Waals surface area contributed by atoms with E-state index in [1.54, 1.807) is 42.5 Å². The molecule has 0 aromatic heterocycles. The summed E-state index contributed by atoms with van der Waals surface area (Å²) in [6.07, 6.45) is 0.122. The summed E-state index contributed by atoms with van der Waals surface area (Å²) in [5.74, 6) is -3.76. The van der Waals surface area contributed by atoms with Crippen molar-refractivity contribution in [2.24, 2.45) is 17.2 Å². The van der Waals surface area contributed by atoms with E-state index in [1.807, 2.05) is 30.3 Å². The highest BCUT2D eigenvalue weighted by atomic mass is 16.3. The van der Waals surface area contributed by atoms with Gasteiger partial charge >= 0.3 is 0 Å². The van der Waals surface area contributed by atoms with Gasteiger partial charge in [0.2, 0.25) is 29.5 Å². The lowest BCUT2D eigenvalue weighted by atomic mass is 10.0. The molecule has 3 aromatic carbocycles. The van der Waals surface area contributed by atoms with Crippen molar-refractivity contribution in [1.82, 2.24) is 21.3 Å². The second-order valence-electron chi connectivity index (χ2n) is 12.5. The first kappa shape index (κ1) is 40.1. The fourth-order valence-electron chi connectivity index (χ4n) is 5.35. The number of aromatic hydroxyl groups is 1. The Hall–Kier alpha value is -5.31. The van der Waals surface area contributed by atoms with Crippen LogP contribution in [-0.4, -0.2) is 82.6 Å². The highest BCUT2D eigenvalue weighted by Crippen LogP contribution is 2.13. The first-order valence-electron chi connectivity index (χ1n) is 16.9. The summed E-state index contributed by atoms with van der Waals surface area (Å²) in [4.78, 5) is 66.3. The Morgan fingerprint density at radius 2 is 1.10 bits per heavy atom. The summed E-state index contributed by atoms with van der Waals surface area (Å²) in [6, 6.07) is 18.0. The molecule has 0 fully saturated rings. The average Bonchev–Trinajstić information content (AvgIpc) is 3.10. The molecule has 12 N–H and O–H groups in total. The molecule has 0 heterocycles. The number of phenols is 1. The predicted octanol–water partition coefficient (Wildman–Crippen LogP) is -0.318. The summed E-state index contributed by atoms with van der Waals surface area (Å²) < 4.78 is 0. The van der Waals surface area contributed by atoms with E-state index in [2.05, 4.69) is 21.3 Å². The molecule has 274 valence electrons. The first-order chi connectivity index (χ1) is 24.4. The van der Waals surface area contributed by atoms with Crippen molar-refractivity contribution in [2.45, 2.75) is 81.8 Å². The largest absolute Gasteiger partial charge is 0.508 e. The number of hydrogen-bond acceptors (Lipinski definition) is 9. The summed E-state index contributed by atoms with van der Waals surface area (Å²) in [5, 5.41) is 30.8. The van der Waals surface area contributed by atoms with E-state index in [1.165, 1.54) is 19.1 Å². The van der Waals surface area contributed by atoms with Gasteiger partial charge in [-0.2, -0.15) is 0 Å². The number of rotatable bonds is 20. The van der Waals surface area contributed by atoms with E-state index in [0.29, 0.717) is 30.5 Å². The van der Waals surface area contributed by atoms with Crippen LogP contribution in [-0.2, 0) is 43.2 Å². The molecule has 0 aliphatic carbocycles. The number of unbranched alkanes of at least 4 members (excludes halogenated alkanes) is 1. The van der Waals surface area contributed by atoms with Crippen LogP contribution in [0, 0.1) is 0 Å². The summed E-state index contributed by atoms with van der Waals surface area (Å²) in [5.41, 5.74) is 19.4. The Balaban J connectivity index is 1.81. The van der Waals surface area contributed by atoms with Crippen LogP contribution in [0.15, 0.2) is 84.9 Å². The third-order valence-electron chi connectivity index (χ3n) is 8.23. The van der Waals surface area contributed by atoms with Crippen molar-refractivity contribution < 1.29 is 34.2 Å². The van der Waals surface area contributed by atoms with Crippen molar-refractivity contribution in [3.05, 3.63) is 102 Å². The molecule has 0 spiro atoms. The van der Waals surface area contributed by atoms with Crippen molar-refractivity contribution in [2.75, 3.05) is 6.54 Å². The molecular formula is C37H49N7O7. The summed E-state index contributed by atoms with van der Waals surface area (Å²) in [6.45, 7) is 1.68. The van der Waals surface area contributed by atoms with Crippen LogP contribution in [0.5, 0.6) is 5.75 Å². The van der Waals surface area contributed by atoms with Gasteiger partial charge in [0, 0.05) is 12.8 Å². The lowest BCUT2D eigenvalue weighted by molar-refractivity contribution is -0.136. The maximum atomic E-state index is 13.8.